The van der Waals surface area contributed by atoms with Crippen LogP contribution in [-0.2, 0) is 25.7 Å². The molecule has 2 nitrogen and oxygen atoms in total. The van der Waals surface area contributed by atoms with Crippen molar-refractivity contribution < 1.29 is 13.2 Å². The first kappa shape index (κ1) is 14.8. The minimum atomic E-state index is -4.26. The molecule has 0 unspecified atom stereocenters. The number of benzene rings is 1. The third-order valence-electron chi connectivity index (χ3n) is 4.29. The first-order chi connectivity index (χ1) is 11.0. The van der Waals surface area contributed by atoms with E-state index in [1.165, 1.54) is 22.7 Å². The average Bonchev–Trinajstić information content (AvgIpc) is 3.12. The van der Waals surface area contributed by atoms with E-state index in [2.05, 4.69) is 16.0 Å². The topological polar surface area (TPSA) is 17.0 Å². The Kier molecular flexibility index (Phi) is 3.46. The number of nitrogens with zero attached hydrogens (tertiary/aromatic N) is 1. The van der Waals surface area contributed by atoms with E-state index in [-0.39, 0.29) is 0 Å². The van der Waals surface area contributed by atoms with Gasteiger partial charge >= 0.3 is 6.18 Å². The Morgan fingerprint density at radius 3 is 2.74 bits per heavy atom. The monoisotopic (exact) mass is 336 g/mol. The van der Waals surface area contributed by atoms with E-state index in [4.69, 9.17) is 0 Å². The molecule has 0 bridgehead atoms. The predicted molar refractivity (Wildman–Crippen MR) is 85.8 cm³/mol. The summed E-state index contributed by atoms with van der Waals surface area (Å²) in [5.41, 5.74) is 3.62. The molecule has 1 aliphatic rings. The SMILES string of the molecule is FC(F)(F)c1ccc(Cn2c3c(c4ccccc42)CCNC3)s1. The highest BCUT2D eigenvalue weighted by Gasteiger charge is 2.32. The van der Waals surface area contributed by atoms with Crippen LogP contribution < -0.4 is 5.32 Å². The lowest BCUT2D eigenvalue weighted by molar-refractivity contribution is -0.134. The zero-order valence-electron chi connectivity index (χ0n) is 12.3. The molecule has 3 heterocycles. The number of hydrogen-bond donors (Lipinski definition) is 1. The van der Waals surface area contributed by atoms with E-state index in [0.717, 1.165) is 41.2 Å². The van der Waals surface area contributed by atoms with E-state index in [0.29, 0.717) is 6.54 Å². The Morgan fingerprint density at radius 2 is 1.96 bits per heavy atom. The smallest absolute Gasteiger partial charge is 0.338 e. The van der Waals surface area contributed by atoms with Crippen LogP contribution >= 0.6 is 11.3 Å². The molecule has 0 aliphatic carbocycles. The largest absolute Gasteiger partial charge is 0.425 e. The molecule has 0 saturated carbocycles. The first-order valence-electron chi connectivity index (χ1n) is 7.49. The molecule has 120 valence electrons. The maximum Gasteiger partial charge on any atom is 0.425 e. The molecule has 0 atom stereocenters. The van der Waals surface area contributed by atoms with Gasteiger partial charge < -0.3 is 9.88 Å². The Balaban J connectivity index is 1.78. The fourth-order valence-electron chi connectivity index (χ4n) is 3.28. The Labute approximate surface area is 135 Å². The van der Waals surface area contributed by atoms with Crippen LogP contribution in [0, 0.1) is 0 Å². The standard InChI is InChI=1S/C17H15F3N2S/c18-17(19,20)16-6-5-11(23-16)10-22-14-4-2-1-3-12(14)13-7-8-21-9-15(13)22/h1-6,21H,7-10H2. The molecular weight excluding hydrogens is 321 g/mol. The van der Waals surface area contributed by atoms with Crippen LogP contribution in [0.5, 0.6) is 0 Å². The molecule has 1 aliphatic heterocycles. The number of hydrogen-bond acceptors (Lipinski definition) is 2. The van der Waals surface area contributed by atoms with E-state index < -0.39 is 11.1 Å². The second kappa shape index (κ2) is 5.39. The van der Waals surface area contributed by atoms with Gasteiger partial charge in [-0.3, -0.25) is 0 Å². The van der Waals surface area contributed by atoms with E-state index in [9.17, 15) is 13.2 Å². The molecule has 1 N–H and O–H groups in total. The van der Waals surface area contributed by atoms with Crippen molar-refractivity contribution in [3.05, 3.63) is 57.4 Å². The molecular formula is C17H15F3N2S. The molecule has 0 spiro atoms. The quantitative estimate of drug-likeness (QED) is 0.733. The number of alkyl halides is 3. The van der Waals surface area contributed by atoms with Crippen molar-refractivity contribution in [1.82, 2.24) is 9.88 Å². The highest BCUT2D eigenvalue weighted by Crippen LogP contribution is 2.36. The maximum absolute atomic E-state index is 12.8. The summed E-state index contributed by atoms with van der Waals surface area (Å²) < 4.78 is 40.6. The third kappa shape index (κ3) is 2.56. The zero-order valence-corrected chi connectivity index (χ0v) is 13.1. The van der Waals surface area contributed by atoms with Gasteiger partial charge in [-0.05, 0) is 36.7 Å². The van der Waals surface area contributed by atoms with Crippen molar-refractivity contribution in [2.75, 3.05) is 6.54 Å². The highest BCUT2D eigenvalue weighted by atomic mass is 32.1. The number of fused-ring (bicyclic) bond motifs is 3. The summed E-state index contributed by atoms with van der Waals surface area (Å²) in [5, 5.41) is 4.58. The van der Waals surface area contributed by atoms with E-state index >= 15 is 0 Å². The molecule has 0 saturated heterocycles. The van der Waals surface area contributed by atoms with Gasteiger partial charge in [-0.2, -0.15) is 13.2 Å². The lowest BCUT2D eigenvalue weighted by atomic mass is 10.1. The summed E-state index contributed by atoms with van der Waals surface area (Å²) in [6, 6.07) is 10.9. The number of rotatable bonds is 2. The van der Waals surface area contributed by atoms with E-state index in [1.807, 2.05) is 18.2 Å². The first-order valence-corrected chi connectivity index (χ1v) is 8.31. The highest BCUT2D eigenvalue weighted by molar-refractivity contribution is 7.12. The molecule has 6 heteroatoms. The average molecular weight is 336 g/mol. The van der Waals surface area contributed by atoms with Gasteiger partial charge in [0.2, 0.25) is 0 Å². The number of aromatic nitrogens is 1. The lowest BCUT2D eigenvalue weighted by Crippen LogP contribution is -2.25. The Hall–Kier alpha value is -1.79. The van der Waals surface area contributed by atoms with Crippen LogP contribution in [0.1, 0.15) is 21.0 Å². The van der Waals surface area contributed by atoms with Crippen molar-refractivity contribution in [3.8, 4) is 0 Å². The molecule has 4 rings (SSSR count). The van der Waals surface area contributed by atoms with E-state index in [1.54, 1.807) is 6.07 Å². The van der Waals surface area contributed by atoms with Crippen LogP contribution in [0.2, 0.25) is 0 Å². The van der Waals surface area contributed by atoms with Crippen molar-refractivity contribution in [2.24, 2.45) is 0 Å². The van der Waals surface area contributed by atoms with Crippen LogP contribution in [0.15, 0.2) is 36.4 Å². The number of thiophene rings is 1. The second-order valence-corrected chi connectivity index (χ2v) is 6.89. The molecule has 0 amide bonds. The second-order valence-electron chi connectivity index (χ2n) is 5.72. The zero-order chi connectivity index (χ0) is 16.0. The van der Waals surface area contributed by atoms with Crippen LogP contribution in [0.3, 0.4) is 0 Å². The minimum Gasteiger partial charge on any atom is -0.338 e. The summed E-state index contributed by atoms with van der Waals surface area (Å²) >= 11 is 0.831. The van der Waals surface area contributed by atoms with Gasteiger partial charge in [0.05, 0.1) is 6.54 Å². The number of nitrogens with one attached hydrogen (secondary N) is 1. The summed E-state index contributed by atoms with van der Waals surface area (Å²) in [6.07, 6.45) is -3.30. The molecule has 1 aromatic carbocycles. The van der Waals surface area contributed by atoms with Crippen molar-refractivity contribution >= 4 is 22.2 Å². The Morgan fingerprint density at radius 1 is 1.13 bits per heavy atom. The molecule has 23 heavy (non-hydrogen) atoms. The summed E-state index contributed by atoms with van der Waals surface area (Å²) in [4.78, 5) is 0.197. The lowest BCUT2D eigenvalue weighted by Gasteiger charge is -2.16. The van der Waals surface area contributed by atoms with Gasteiger partial charge in [-0.1, -0.05) is 18.2 Å². The summed E-state index contributed by atoms with van der Waals surface area (Å²) in [7, 11) is 0. The molecule has 3 aromatic rings. The fraction of sp³-hybridized carbons (Fsp3) is 0.294. The summed E-state index contributed by atoms with van der Waals surface area (Å²) in [5.74, 6) is 0. The Bertz CT molecular complexity index is 860. The van der Waals surface area contributed by atoms with Crippen LogP contribution in [0.4, 0.5) is 13.2 Å². The number of halogens is 3. The van der Waals surface area contributed by atoms with Gasteiger partial charge in [0, 0.05) is 28.0 Å². The normalized spacial score (nSPS) is 15.1. The third-order valence-corrected chi connectivity index (χ3v) is 5.41. The van der Waals surface area contributed by atoms with Crippen LogP contribution in [-0.4, -0.2) is 11.1 Å². The van der Waals surface area contributed by atoms with Gasteiger partial charge in [0.25, 0.3) is 0 Å². The van der Waals surface area contributed by atoms with Gasteiger partial charge in [-0.25, -0.2) is 0 Å². The molecule has 0 radical (unpaired) electrons. The summed E-state index contributed by atoms with van der Waals surface area (Å²) in [6.45, 7) is 2.19. The molecule has 0 fully saturated rings. The van der Waals surface area contributed by atoms with Crippen LogP contribution in [0.25, 0.3) is 10.9 Å². The van der Waals surface area contributed by atoms with Gasteiger partial charge in [-0.15, -0.1) is 11.3 Å². The number of para-hydroxylation sites is 1. The fourth-order valence-corrected chi connectivity index (χ4v) is 4.14. The predicted octanol–water partition coefficient (Wildman–Crippen LogP) is 4.42. The van der Waals surface area contributed by atoms with Gasteiger partial charge in [0.15, 0.2) is 0 Å². The molecule has 2 aromatic heterocycles. The minimum absolute atomic E-state index is 0.484. The van der Waals surface area contributed by atoms with Crippen molar-refractivity contribution in [3.63, 3.8) is 0 Å². The van der Waals surface area contributed by atoms with Crippen molar-refractivity contribution in [2.45, 2.75) is 25.7 Å². The van der Waals surface area contributed by atoms with Crippen molar-refractivity contribution in [1.29, 1.82) is 0 Å². The van der Waals surface area contributed by atoms with Gasteiger partial charge in [0.1, 0.15) is 4.88 Å². The maximum atomic E-state index is 12.8.